The van der Waals surface area contributed by atoms with Crippen LogP contribution in [0.15, 0.2) is 23.3 Å². The highest BCUT2D eigenvalue weighted by molar-refractivity contribution is 7.91. The Morgan fingerprint density at radius 3 is 2.59 bits per heavy atom. The van der Waals surface area contributed by atoms with Gasteiger partial charge in [0.1, 0.15) is 9.84 Å². The van der Waals surface area contributed by atoms with Crippen molar-refractivity contribution in [3.63, 3.8) is 0 Å². The fourth-order valence-corrected chi connectivity index (χ4v) is 4.34. The van der Waals surface area contributed by atoms with E-state index in [9.17, 15) is 8.42 Å². The minimum Gasteiger partial charge on any atom is -0.229 e. The van der Waals surface area contributed by atoms with E-state index in [0.29, 0.717) is 17.7 Å². The van der Waals surface area contributed by atoms with Gasteiger partial charge in [0.15, 0.2) is 0 Å². The fourth-order valence-electron chi connectivity index (χ4n) is 2.62. The zero-order valence-corrected chi connectivity index (χ0v) is 12.0. The van der Waals surface area contributed by atoms with Gasteiger partial charge in [-0.2, -0.15) is 0 Å². The van der Waals surface area contributed by atoms with E-state index in [-0.39, 0.29) is 11.2 Å². The third-order valence-corrected chi connectivity index (χ3v) is 6.01. The molecule has 0 aromatic heterocycles. The van der Waals surface area contributed by atoms with Gasteiger partial charge >= 0.3 is 0 Å². The van der Waals surface area contributed by atoms with Gasteiger partial charge in [-0.15, -0.1) is 11.6 Å². The highest BCUT2D eigenvalue weighted by Crippen LogP contribution is 2.44. The molecule has 1 saturated carbocycles. The van der Waals surface area contributed by atoms with Crippen molar-refractivity contribution in [1.82, 2.24) is 0 Å². The molecular weight excluding hydrogens is 279 g/mol. The molecule has 0 N–H and O–H groups in total. The van der Waals surface area contributed by atoms with Crippen molar-refractivity contribution in [2.75, 3.05) is 12.1 Å². The standard InChI is InChI=1S/C12H16Cl2O2S/c1-17(15,16)11-4-9(5-11)12-6-10(14)3-2-8(12)7-13/h2-3,6,8-9,11-12H,4-5,7H2,1H3. The smallest absolute Gasteiger partial charge is 0.150 e. The van der Waals surface area contributed by atoms with Crippen LogP contribution in [-0.2, 0) is 9.84 Å². The summed E-state index contributed by atoms with van der Waals surface area (Å²) in [7, 11) is -2.88. The monoisotopic (exact) mass is 294 g/mol. The van der Waals surface area contributed by atoms with Crippen LogP contribution in [0.5, 0.6) is 0 Å². The molecule has 1 fully saturated rings. The third-order valence-electron chi connectivity index (χ3n) is 3.81. The zero-order chi connectivity index (χ0) is 12.6. The van der Waals surface area contributed by atoms with E-state index in [1.54, 1.807) is 0 Å². The summed E-state index contributed by atoms with van der Waals surface area (Å²) in [5, 5.41) is 0.570. The van der Waals surface area contributed by atoms with Crippen LogP contribution in [0.3, 0.4) is 0 Å². The Hall–Kier alpha value is 0.01000. The van der Waals surface area contributed by atoms with E-state index in [4.69, 9.17) is 23.2 Å². The van der Waals surface area contributed by atoms with Crippen LogP contribution in [0.4, 0.5) is 0 Å². The zero-order valence-electron chi connectivity index (χ0n) is 9.64. The first-order valence-electron chi connectivity index (χ1n) is 5.72. The van der Waals surface area contributed by atoms with E-state index in [1.165, 1.54) is 6.26 Å². The second-order valence-corrected chi connectivity index (χ2v) is 8.06. The third kappa shape index (κ3) is 2.88. The van der Waals surface area contributed by atoms with Gasteiger partial charge in [0.05, 0.1) is 5.25 Å². The van der Waals surface area contributed by atoms with Crippen LogP contribution >= 0.6 is 23.2 Å². The van der Waals surface area contributed by atoms with E-state index in [0.717, 1.165) is 17.9 Å². The summed E-state index contributed by atoms with van der Waals surface area (Å²) in [6, 6.07) is 0. The summed E-state index contributed by atoms with van der Waals surface area (Å²) in [5.41, 5.74) is 0. The lowest BCUT2D eigenvalue weighted by atomic mass is 9.69. The Balaban J connectivity index is 2.03. The van der Waals surface area contributed by atoms with Crippen molar-refractivity contribution in [3.05, 3.63) is 23.3 Å². The summed E-state index contributed by atoms with van der Waals surface area (Å²) in [6.45, 7) is 0. The largest absolute Gasteiger partial charge is 0.229 e. The van der Waals surface area contributed by atoms with Crippen molar-refractivity contribution >= 4 is 33.0 Å². The highest BCUT2D eigenvalue weighted by Gasteiger charge is 2.41. The number of hydrogen-bond donors (Lipinski definition) is 0. The maximum Gasteiger partial charge on any atom is 0.150 e. The molecule has 0 aliphatic heterocycles. The molecule has 0 amide bonds. The lowest BCUT2D eigenvalue weighted by molar-refractivity contribution is 0.213. The Morgan fingerprint density at radius 2 is 2.06 bits per heavy atom. The first-order valence-corrected chi connectivity index (χ1v) is 8.59. The highest BCUT2D eigenvalue weighted by atomic mass is 35.5. The van der Waals surface area contributed by atoms with E-state index in [2.05, 4.69) is 0 Å². The maximum atomic E-state index is 11.4. The Kier molecular flexibility index (Phi) is 3.91. The number of halogens is 2. The quantitative estimate of drug-likeness (QED) is 0.750. The molecule has 2 aliphatic rings. The van der Waals surface area contributed by atoms with Gasteiger partial charge in [0, 0.05) is 17.2 Å². The number of hydrogen-bond acceptors (Lipinski definition) is 2. The van der Waals surface area contributed by atoms with Crippen LogP contribution < -0.4 is 0 Å². The lowest BCUT2D eigenvalue weighted by Crippen LogP contribution is -2.41. The van der Waals surface area contributed by atoms with Crippen molar-refractivity contribution in [2.45, 2.75) is 18.1 Å². The van der Waals surface area contributed by atoms with Crippen LogP contribution in [0.25, 0.3) is 0 Å². The van der Waals surface area contributed by atoms with Gasteiger partial charge in [-0.05, 0) is 36.7 Å². The SMILES string of the molecule is CS(=O)(=O)C1CC(C2C=C(Cl)C=CC2CCl)C1. The van der Waals surface area contributed by atoms with Gasteiger partial charge in [-0.3, -0.25) is 0 Å². The molecule has 17 heavy (non-hydrogen) atoms. The second-order valence-electron chi connectivity index (χ2n) is 4.99. The minimum atomic E-state index is -2.88. The van der Waals surface area contributed by atoms with Crippen molar-refractivity contribution in [2.24, 2.45) is 17.8 Å². The molecule has 0 bridgehead atoms. The molecule has 0 radical (unpaired) electrons. The van der Waals surface area contributed by atoms with Crippen LogP contribution in [0.1, 0.15) is 12.8 Å². The number of sulfone groups is 1. The first kappa shape index (κ1) is 13.4. The van der Waals surface area contributed by atoms with E-state index >= 15 is 0 Å². The normalized spacial score (nSPS) is 37.5. The molecule has 0 spiro atoms. The number of allylic oxidation sites excluding steroid dienone is 4. The average molecular weight is 295 g/mol. The van der Waals surface area contributed by atoms with Crippen molar-refractivity contribution in [3.8, 4) is 0 Å². The lowest BCUT2D eigenvalue weighted by Gasteiger charge is -2.41. The molecule has 96 valence electrons. The predicted molar refractivity (Wildman–Crippen MR) is 72.1 cm³/mol. The summed E-state index contributed by atoms with van der Waals surface area (Å²) >= 11 is 11.9. The Bertz CT molecular complexity index is 447. The van der Waals surface area contributed by atoms with E-state index < -0.39 is 9.84 Å². The molecule has 0 aromatic carbocycles. The Morgan fingerprint density at radius 1 is 1.41 bits per heavy atom. The second kappa shape index (κ2) is 4.94. The molecular formula is C12H16Cl2O2S. The summed E-state index contributed by atoms with van der Waals surface area (Å²) in [5.74, 6) is 1.53. The summed E-state index contributed by atoms with van der Waals surface area (Å²) in [6.07, 6.45) is 8.73. The molecule has 2 rings (SSSR count). The topological polar surface area (TPSA) is 34.1 Å². The molecule has 2 aliphatic carbocycles. The van der Waals surface area contributed by atoms with Gasteiger partial charge in [-0.1, -0.05) is 23.8 Å². The van der Waals surface area contributed by atoms with E-state index in [1.807, 2.05) is 18.2 Å². The van der Waals surface area contributed by atoms with Gasteiger partial charge in [-0.25, -0.2) is 8.42 Å². The minimum absolute atomic E-state index is 0.165. The fraction of sp³-hybridized carbons (Fsp3) is 0.667. The van der Waals surface area contributed by atoms with Crippen molar-refractivity contribution < 1.29 is 8.42 Å². The maximum absolute atomic E-state index is 11.4. The average Bonchev–Trinajstić information content (AvgIpc) is 2.13. The van der Waals surface area contributed by atoms with Gasteiger partial charge < -0.3 is 0 Å². The molecule has 2 atom stereocenters. The first-order chi connectivity index (χ1) is 7.91. The number of alkyl halides is 1. The molecule has 0 saturated heterocycles. The Labute approximate surface area is 113 Å². The predicted octanol–water partition coefficient (Wildman–Crippen LogP) is 2.97. The van der Waals surface area contributed by atoms with Crippen LogP contribution in [0, 0.1) is 17.8 Å². The van der Waals surface area contributed by atoms with Gasteiger partial charge in [0.2, 0.25) is 0 Å². The van der Waals surface area contributed by atoms with Crippen molar-refractivity contribution in [1.29, 1.82) is 0 Å². The molecule has 2 nitrogen and oxygen atoms in total. The summed E-state index contributed by atoms with van der Waals surface area (Å²) < 4.78 is 22.8. The van der Waals surface area contributed by atoms with Crippen LogP contribution in [0.2, 0.25) is 0 Å². The van der Waals surface area contributed by atoms with Gasteiger partial charge in [0.25, 0.3) is 0 Å². The molecule has 2 unspecified atom stereocenters. The molecule has 0 aromatic rings. The molecule has 0 heterocycles. The molecule has 5 heteroatoms. The van der Waals surface area contributed by atoms with Crippen LogP contribution in [-0.4, -0.2) is 25.8 Å². The number of rotatable bonds is 3. The summed E-state index contributed by atoms with van der Waals surface area (Å²) in [4.78, 5) is 0.